The molecule has 6 nitrogen and oxygen atoms in total. The van der Waals surface area contributed by atoms with E-state index in [1.54, 1.807) is 7.05 Å². The van der Waals surface area contributed by atoms with Gasteiger partial charge in [0.05, 0.1) is 11.4 Å². The van der Waals surface area contributed by atoms with Crippen LogP contribution in [-0.4, -0.2) is 48.5 Å². The summed E-state index contributed by atoms with van der Waals surface area (Å²) in [6.07, 6.45) is 6.00. The number of aliphatic imine (C=N–C) groups is 1. The molecule has 0 fully saturated rings. The zero-order chi connectivity index (χ0) is 29.5. The summed E-state index contributed by atoms with van der Waals surface area (Å²) in [5.41, 5.74) is 5.01. The van der Waals surface area contributed by atoms with Crippen molar-refractivity contribution in [2.75, 3.05) is 32.6 Å². The Morgan fingerprint density at radius 1 is 0.950 bits per heavy atom. The highest BCUT2D eigenvalue weighted by Crippen LogP contribution is 2.27. The summed E-state index contributed by atoms with van der Waals surface area (Å²) in [6, 6.07) is 22.1. The van der Waals surface area contributed by atoms with E-state index in [1.165, 1.54) is 47.7 Å². The summed E-state index contributed by atoms with van der Waals surface area (Å²) in [6.45, 7) is 4.50. The molecule has 0 radical (unpaired) electrons. The average molecular weight is 567 g/mol. The minimum atomic E-state index is -1.58. The molecule has 1 aliphatic rings. The number of anilines is 1. The minimum Gasteiger partial charge on any atom is -0.365 e. The number of nitrogens with two attached hydrogens (primary N) is 1. The van der Waals surface area contributed by atoms with E-state index in [0.717, 1.165) is 36.9 Å². The Labute approximate surface area is 241 Å². The molecule has 0 bridgehead atoms. The first-order valence-electron chi connectivity index (χ1n) is 13.8. The fourth-order valence-electron chi connectivity index (χ4n) is 4.39. The van der Waals surface area contributed by atoms with Crippen molar-refractivity contribution in [3.63, 3.8) is 0 Å². The Morgan fingerprint density at radius 3 is 2.20 bits per heavy atom. The third kappa shape index (κ3) is 10.3. The summed E-state index contributed by atoms with van der Waals surface area (Å²) in [5.74, 6) is 0.615. The summed E-state index contributed by atoms with van der Waals surface area (Å²) < 4.78 is 22.9. The Bertz CT molecular complexity index is 1260. The molecule has 0 aromatic heterocycles. The molecule has 0 aliphatic heterocycles. The number of aryl methyl sites for hydroxylation is 3. The number of carbonyl (C=O) groups excluding carboxylic acids is 1. The number of benzene rings is 3. The van der Waals surface area contributed by atoms with Gasteiger partial charge in [-0.25, -0.2) is 13.7 Å². The van der Waals surface area contributed by atoms with Crippen LogP contribution in [0.3, 0.4) is 0 Å². The van der Waals surface area contributed by atoms with Gasteiger partial charge in [-0.15, -0.1) is 0 Å². The van der Waals surface area contributed by atoms with Crippen molar-refractivity contribution in [2.45, 2.75) is 57.3 Å². The zero-order valence-corrected chi connectivity index (χ0v) is 25.2. The molecule has 1 unspecified atom stereocenters. The van der Waals surface area contributed by atoms with Gasteiger partial charge in [0.1, 0.15) is 22.6 Å². The van der Waals surface area contributed by atoms with Gasteiger partial charge < -0.3 is 9.80 Å². The molecule has 3 aromatic rings. The average Bonchev–Trinajstić information content (AvgIpc) is 2.98. The predicted molar refractivity (Wildman–Crippen MR) is 166 cm³/mol. The lowest BCUT2D eigenvalue weighted by Gasteiger charge is -2.28. The maximum atomic E-state index is 13.2. The van der Waals surface area contributed by atoms with Crippen LogP contribution in [0, 0.1) is 5.82 Å². The summed E-state index contributed by atoms with van der Waals surface area (Å²) in [7, 11) is 4.16. The van der Waals surface area contributed by atoms with Crippen LogP contribution < -0.4 is 10.0 Å². The molecule has 0 heterocycles. The molecule has 40 heavy (non-hydrogen) atoms. The van der Waals surface area contributed by atoms with E-state index in [9.17, 15) is 13.4 Å². The highest BCUT2D eigenvalue weighted by molar-refractivity contribution is 7.82. The standard InChI is InChI=1S/C24H31N3O.C6H6FNOS.C2H6/c1-25-23(26(2)3)18-27(24(28)16-13-19-9-5-4-6-10-19)22-15-14-20-11-7-8-12-21(20)17-22;7-5-2-1-3-6(4-5)10(8)9;1-2/h4-6,9-10,14-15,17H,7-8,11-13,16,18H2,1-3H3;1-4H,8H2;1-2H3. The number of halogens is 1. The zero-order valence-electron chi connectivity index (χ0n) is 24.4. The molecule has 8 heteroatoms. The normalized spacial score (nSPS) is 13.0. The summed E-state index contributed by atoms with van der Waals surface area (Å²) >= 11 is 0. The van der Waals surface area contributed by atoms with Crippen LogP contribution >= 0.6 is 0 Å². The molecule has 3 aromatic carbocycles. The van der Waals surface area contributed by atoms with Gasteiger partial charge in [-0.05, 0) is 79.1 Å². The number of carbonyl (C=O) groups is 1. The molecule has 0 saturated carbocycles. The van der Waals surface area contributed by atoms with E-state index in [-0.39, 0.29) is 5.91 Å². The Balaban J connectivity index is 0.000000391. The molecule has 1 aliphatic carbocycles. The Morgan fingerprint density at radius 2 is 1.62 bits per heavy atom. The van der Waals surface area contributed by atoms with Crippen LogP contribution in [-0.2, 0) is 35.0 Å². The van der Waals surface area contributed by atoms with Crippen molar-refractivity contribution in [1.82, 2.24) is 4.90 Å². The van der Waals surface area contributed by atoms with Gasteiger partial charge >= 0.3 is 0 Å². The summed E-state index contributed by atoms with van der Waals surface area (Å²) in [5, 5.41) is 4.99. The second-order valence-electron chi connectivity index (χ2n) is 9.41. The van der Waals surface area contributed by atoms with Gasteiger partial charge in [-0.3, -0.25) is 9.79 Å². The van der Waals surface area contributed by atoms with Gasteiger partial charge in [0.15, 0.2) is 0 Å². The lowest BCUT2D eigenvalue weighted by Crippen LogP contribution is -2.40. The topological polar surface area (TPSA) is 79.0 Å². The van der Waals surface area contributed by atoms with Crippen molar-refractivity contribution in [3.05, 3.63) is 95.3 Å². The van der Waals surface area contributed by atoms with E-state index in [2.05, 4.69) is 35.3 Å². The van der Waals surface area contributed by atoms with Gasteiger partial charge in [-0.1, -0.05) is 56.3 Å². The first-order chi connectivity index (χ1) is 19.3. The molecule has 0 saturated heterocycles. The Kier molecular flexibility index (Phi) is 14.3. The third-order valence-electron chi connectivity index (χ3n) is 6.52. The van der Waals surface area contributed by atoms with Crippen LogP contribution in [0.4, 0.5) is 10.1 Å². The number of fused-ring (bicyclic) bond motifs is 1. The number of hydrogen-bond donors (Lipinski definition) is 1. The second-order valence-corrected chi connectivity index (χ2v) is 10.5. The fraction of sp³-hybridized carbons (Fsp3) is 0.375. The van der Waals surface area contributed by atoms with Gasteiger partial charge in [0.25, 0.3) is 0 Å². The van der Waals surface area contributed by atoms with Crippen molar-refractivity contribution in [3.8, 4) is 0 Å². The highest BCUT2D eigenvalue weighted by atomic mass is 32.2. The molecule has 2 N–H and O–H groups in total. The third-order valence-corrected chi connectivity index (χ3v) is 7.24. The minimum absolute atomic E-state index is 0.141. The quantitative estimate of drug-likeness (QED) is 0.283. The van der Waals surface area contributed by atoms with Crippen LogP contribution in [0.2, 0.25) is 0 Å². The van der Waals surface area contributed by atoms with E-state index in [1.807, 2.05) is 55.9 Å². The SMILES string of the molecule is CC.CN=C(CN(C(=O)CCc1ccccc1)c1ccc2c(c1)CCCC2)N(C)C.NS(=O)c1cccc(F)c1. The van der Waals surface area contributed by atoms with Crippen molar-refractivity contribution in [2.24, 2.45) is 10.1 Å². The number of rotatable bonds is 7. The van der Waals surface area contributed by atoms with Gasteiger partial charge in [-0.2, -0.15) is 0 Å². The largest absolute Gasteiger partial charge is 0.365 e. The molecule has 4 rings (SSSR count). The van der Waals surface area contributed by atoms with Gasteiger partial charge in [0, 0.05) is 33.3 Å². The first kappa shape index (κ1) is 32.8. The van der Waals surface area contributed by atoms with E-state index < -0.39 is 16.8 Å². The van der Waals surface area contributed by atoms with Crippen molar-refractivity contribution < 1.29 is 13.4 Å². The van der Waals surface area contributed by atoms with Crippen LogP contribution in [0.25, 0.3) is 0 Å². The van der Waals surface area contributed by atoms with E-state index >= 15 is 0 Å². The fourth-order valence-corrected chi connectivity index (χ4v) is 4.83. The maximum Gasteiger partial charge on any atom is 0.227 e. The lowest BCUT2D eigenvalue weighted by atomic mass is 9.91. The molecular formula is C32H43FN4O2S. The number of amidine groups is 1. The lowest BCUT2D eigenvalue weighted by molar-refractivity contribution is -0.118. The number of amides is 1. The van der Waals surface area contributed by atoms with Crippen LogP contribution in [0.5, 0.6) is 0 Å². The molecular weight excluding hydrogens is 523 g/mol. The van der Waals surface area contributed by atoms with E-state index in [4.69, 9.17) is 5.14 Å². The monoisotopic (exact) mass is 566 g/mol. The number of nitrogens with zero attached hydrogens (tertiary/aromatic N) is 3. The smallest absolute Gasteiger partial charge is 0.227 e. The van der Waals surface area contributed by atoms with Crippen LogP contribution in [0.15, 0.2) is 82.7 Å². The van der Waals surface area contributed by atoms with Crippen LogP contribution in [0.1, 0.15) is 49.8 Å². The Hall–Kier alpha value is -3.36. The molecule has 0 spiro atoms. The molecule has 1 atom stereocenters. The molecule has 1 amide bonds. The first-order valence-corrected chi connectivity index (χ1v) is 15.0. The highest BCUT2D eigenvalue weighted by Gasteiger charge is 2.20. The second kappa shape index (κ2) is 17.4. The number of hydrogen-bond acceptors (Lipinski definition) is 3. The maximum absolute atomic E-state index is 13.2. The summed E-state index contributed by atoms with van der Waals surface area (Å²) in [4.78, 5) is 21.8. The van der Waals surface area contributed by atoms with Crippen molar-refractivity contribution in [1.29, 1.82) is 0 Å². The molecule has 216 valence electrons. The van der Waals surface area contributed by atoms with E-state index in [0.29, 0.717) is 17.9 Å². The van der Waals surface area contributed by atoms with Gasteiger partial charge in [0.2, 0.25) is 5.91 Å². The van der Waals surface area contributed by atoms with Crippen molar-refractivity contribution >= 4 is 28.4 Å². The number of likely N-dealkylation sites (N-methyl/N-ethyl adjacent to an activating group) is 1. The predicted octanol–water partition coefficient (Wildman–Crippen LogP) is 5.95.